The number of phenols is 2. The molecule has 2 aromatic rings. The Kier molecular flexibility index (Phi) is 2.32. The summed E-state index contributed by atoms with van der Waals surface area (Å²) in [4.78, 5) is 0. The second-order valence-corrected chi connectivity index (χ2v) is 3.51. The average molecular weight is 216 g/mol. The predicted octanol–water partition coefficient (Wildman–Crippen LogP) is 1.93. The maximum atomic E-state index is 9.72. The van der Waals surface area contributed by atoms with Crippen molar-refractivity contribution in [2.75, 3.05) is 11.5 Å². The summed E-state index contributed by atoms with van der Waals surface area (Å²) in [5.41, 5.74) is 13.3. The number of rotatable bonds is 1. The zero-order valence-electron chi connectivity index (χ0n) is 8.51. The molecule has 0 heterocycles. The van der Waals surface area contributed by atoms with Gasteiger partial charge in [0, 0.05) is 11.3 Å². The molecule has 4 nitrogen and oxygen atoms in total. The molecule has 0 amide bonds. The SMILES string of the molecule is Nc1cc(-c2c(N)cccc2O)ccc1O. The lowest BCUT2D eigenvalue weighted by Gasteiger charge is -2.09. The molecule has 0 unspecified atom stereocenters. The fourth-order valence-electron chi connectivity index (χ4n) is 1.58. The first-order valence-corrected chi connectivity index (χ1v) is 4.76. The number of aromatic hydroxyl groups is 2. The lowest BCUT2D eigenvalue weighted by atomic mass is 10.0. The van der Waals surface area contributed by atoms with Crippen molar-refractivity contribution < 1.29 is 10.2 Å². The molecule has 0 bridgehead atoms. The largest absolute Gasteiger partial charge is 0.507 e. The first-order chi connectivity index (χ1) is 7.59. The summed E-state index contributed by atoms with van der Waals surface area (Å²) < 4.78 is 0. The smallest absolute Gasteiger partial charge is 0.138 e. The summed E-state index contributed by atoms with van der Waals surface area (Å²) in [5, 5.41) is 19.0. The molecule has 6 N–H and O–H groups in total. The molecule has 82 valence electrons. The maximum absolute atomic E-state index is 9.72. The highest BCUT2D eigenvalue weighted by atomic mass is 16.3. The first kappa shape index (κ1) is 10.2. The third-order valence-corrected chi connectivity index (χ3v) is 2.39. The number of anilines is 2. The Morgan fingerprint density at radius 3 is 2.19 bits per heavy atom. The summed E-state index contributed by atoms with van der Waals surface area (Å²) in [6.07, 6.45) is 0. The van der Waals surface area contributed by atoms with Crippen LogP contribution in [0.25, 0.3) is 11.1 Å². The van der Waals surface area contributed by atoms with Crippen LogP contribution in [0.5, 0.6) is 11.5 Å². The fourth-order valence-corrected chi connectivity index (χ4v) is 1.58. The molecule has 2 aromatic carbocycles. The molecule has 2 rings (SSSR count). The van der Waals surface area contributed by atoms with E-state index in [1.54, 1.807) is 30.3 Å². The van der Waals surface area contributed by atoms with Gasteiger partial charge in [0.25, 0.3) is 0 Å². The van der Waals surface area contributed by atoms with E-state index in [2.05, 4.69) is 0 Å². The molecule has 0 fully saturated rings. The van der Waals surface area contributed by atoms with Gasteiger partial charge in [-0.2, -0.15) is 0 Å². The number of benzene rings is 2. The van der Waals surface area contributed by atoms with Crippen LogP contribution in [0.2, 0.25) is 0 Å². The van der Waals surface area contributed by atoms with E-state index < -0.39 is 0 Å². The summed E-state index contributed by atoms with van der Waals surface area (Å²) >= 11 is 0. The molecule has 0 radical (unpaired) electrons. The molecule has 0 aliphatic carbocycles. The molecule has 0 aliphatic rings. The van der Waals surface area contributed by atoms with E-state index >= 15 is 0 Å². The Bertz CT molecular complexity index is 518. The van der Waals surface area contributed by atoms with E-state index in [1.165, 1.54) is 6.07 Å². The third-order valence-electron chi connectivity index (χ3n) is 2.39. The van der Waals surface area contributed by atoms with Gasteiger partial charge in [0.05, 0.1) is 5.69 Å². The molecule has 0 saturated carbocycles. The molecule has 16 heavy (non-hydrogen) atoms. The van der Waals surface area contributed by atoms with Crippen LogP contribution in [0, 0.1) is 0 Å². The lowest BCUT2D eigenvalue weighted by Crippen LogP contribution is -1.92. The van der Waals surface area contributed by atoms with E-state index in [0.29, 0.717) is 16.8 Å². The van der Waals surface area contributed by atoms with Crippen LogP contribution in [-0.2, 0) is 0 Å². The van der Waals surface area contributed by atoms with Crippen LogP contribution < -0.4 is 11.5 Å². The second kappa shape index (κ2) is 3.66. The van der Waals surface area contributed by atoms with Crippen LogP contribution >= 0.6 is 0 Å². The standard InChI is InChI=1S/C12H12N2O2/c13-8-2-1-3-11(16)12(8)7-4-5-10(15)9(14)6-7/h1-6,15-16H,13-14H2. The molecule has 0 aliphatic heterocycles. The Morgan fingerprint density at radius 2 is 1.56 bits per heavy atom. The van der Waals surface area contributed by atoms with Crippen LogP contribution in [0.1, 0.15) is 0 Å². The number of nitrogens with two attached hydrogens (primary N) is 2. The number of phenolic OH excluding ortho intramolecular Hbond substituents is 2. The van der Waals surface area contributed by atoms with Gasteiger partial charge in [0.2, 0.25) is 0 Å². The Morgan fingerprint density at radius 1 is 0.812 bits per heavy atom. The van der Waals surface area contributed by atoms with Gasteiger partial charge >= 0.3 is 0 Å². The van der Waals surface area contributed by atoms with E-state index in [9.17, 15) is 10.2 Å². The number of hydrogen-bond acceptors (Lipinski definition) is 4. The molecule has 0 aromatic heterocycles. The molecule has 0 saturated heterocycles. The number of nitrogen functional groups attached to an aromatic ring is 2. The van der Waals surface area contributed by atoms with Crippen molar-refractivity contribution in [3.05, 3.63) is 36.4 Å². The highest BCUT2D eigenvalue weighted by Gasteiger charge is 2.09. The average Bonchev–Trinajstić information content (AvgIpc) is 2.23. The minimum atomic E-state index is 0.0118. The van der Waals surface area contributed by atoms with Crippen molar-refractivity contribution in [2.24, 2.45) is 0 Å². The van der Waals surface area contributed by atoms with Gasteiger partial charge in [-0.1, -0.05) is 12.1 Å². The van der Waals surface area contributed by atoms with Crippen molar-refractivity contribution >= 4 is 11.4 Å². The van der Waals surface area contributed by atoms with Crippen molar-refractivity contribution in [1.29, 1.82) is 0 Å². The van der Waals surface area contributed by atoms with E-state index in [0.717, 1.165) is 0 Å². The maximum Gasteiger partial charge on any atom is 0.138 e. The molecular weight excluding hydrogens is 204 g/mol. The van der Waals surface area contributed by atoms with Crippen LogP contribution in [0.3, 0.4) is 0 Å². The molecular formula is C12H12N2O2. The second-order valence-electron chi connectivity index (χ2n) is 3.51. The van der Waals surface area contributed by atoms with Gasteiger partial charge in [-0.05, 0) is 29.8 Å². The van der Waals surface area contributed by atoms with Crippen molar-refractivity contribution in [1.82, 2.24) is 0 Å². The van der Waals surface area contributed by atoms with Crippen LogP contribution in [0.4, 0.5) is 11.4 Å². The van der Waals surface area contributed by atoms with Crippen molar-refractivity contribution in [3.8, 4) is 22.6 Å². The van der Waals surface area contributed by atoms with Gasteiger partial charge in [-0.15, -0.1) is 0 Å². The van der Waals surface area contributed by atoms with Crippen molar-refractivity contribution in [2.45, 2.75) is 0 Å². The zero-order valence-corrected chi connectivity index (χ0v) is 8.51. The van der Waals surface area contributed by atoms with Crippen molar-refractivity contribution in [3.63, 3.8) is 0 Å². The van der Waals surface area contributed by atoms with Gasteiger partial charge in [0.15, 0.2) is 0 Å². The molecule has 0 spiro atoms. The molecule has 4 heteroatoms. The van der Waals surface area contributed by atoms with E-state index in [-0.39, 0.29) is 17.2 Å². The Balaban J connectivity index is 2.63. The van der Waals surface area contributed by atoms with Gasteiger partial charge in [0.1, 0.15) is 11.5 Å². The van der Waals surface area contributed by atoms with Gasteiger partial charge < -0.3 is 21.7 Å². The molecule has 0 atom stereocenters. The fraction of sp³-hybridized carbons (Fsp3) is 0. The summed E-state index contributed by atoms with van der Waals surface area (Å²) in [6.45, 7) is 0. The van der Waals surface area contributed by atoms with E-state index in [1.807, 2.05) is 0 Å². The zero-order chi connectivity index (χ0) is 11.7. The summed E-state index contributed by atoms with van der Waals surface area (Å²) in [6, 6.07) is 9.60. The topological polar surface area (TPSA) is 92.5 Å². The lowest BCUT2D eigenvalue weighted by molar-refractivity contribution is 0.476. The third kappa shape index (κ3) is 1.61. The predicted molar refractivity (Wildman–Crippen MR) is 64.0 cm³/mol. The van der Waals surface area contributed by atoms with E-state index in [4.69, 9.17) is 11.5 Å². The Hall–Kier alpha value is -2.36. The first-order valence-electron chi connectivity index (χ1n) is 4.76. The minimum absolute atomic E-state index is 0.0118. The monoisotopic (exact) mass is 216 g/mol. The summed E-state index contributed by atoms with van der Waals surface area (Å²) in [5.74, 6) is 0.0998. The van der Waals surface area contributed by atoms with Gasteiger partial charge in [-0.3, -0.25) is 0 Å². The normalized spacial score (nSPS) is 10.2. The summed E-state index contributed by atoms with van der Waals surface area (Å²) in [7, 11) is 0. The number of hydrogen-bond donors (Lipinski definition) is 4. The highest BCUT2D eigenvalue weighted by molar-refractivity contribution is 5.83. The van der Waals surface area contributed by atoms with Crippen LogP contribution in [-0.4, -0.2) is 10.2 Å². The minimum Gasteiger partial charge on any atom is -0.507 e. The van der Waals surface area contributed by atoms with Crippen LogP contribution in [0.15, 0.2) is 36.4 Å². The highest BCUT2D eigenvalue weighted by Crippen LogP contribution is 2.36. The Labute approximate surface area is 92.8 Å². The quantitative estimate of drug-likeness (QED) is 0.433. The van der Waals surface area contributed by atoms with Gasteiger partial charge in [-0.25, -0.2) is 0 Å².